The third kappa shape index (κ3) is 8.13. The molecule has 4 fully saturated rings. The molecule has 6 rings (SSSR count). The van der Waals surface area contributed by atoms with Crippen molar-refractivity contribution in [3.63, 3.8) is 0 Å². The Morgan fingerprint density at radius 3 is 2.33 bits per heavy atom. The zero-order chi connectivity index (χ0) is 37.4. The van der Waals surface area contributed by atoms with Gasteiger partial charge >= 0.3 is 5.97 Å². The van der Waals surface area contributed by atoms with E-state index in [0.29, 0.717) is 12.5 Å². The number of aliphatic hydroxyl groups is 1. The summed E-state index contributed by atoms with van der Waals surface area (Å²) in [6.07, 6.45) is 6.97. The average molecular weight is 734 g/mol. The van der Waals surface area contributed by atoms with Crippen LogP contribution in [-0.2, 0) is 42.7 Å². The largest absolute Gasteiger partial charge is 0.462 e. The third-order valence-corrected chi connectivity index (χ3v) is 13.4. The van der Waals surface area contributed by atoms with Gasteiger partial charge in [0.1, 0.15) is 24.4 Å². The average Bonchev–Trinajstić information content (AvgIpc) is 3.69. The minimum absolute atomic E-state index is 0. The topological polar surface area (TPSA) is 122 Å². The highest BCUT2D eigenvalue weighted by Crippen LogP contribution is 2.56. The lowest BCUT2D eigenvalue weighted by atomic mass is 9.67. The number of allylic oxidation sites excluding steroid dienone is 4. The Morgan fingerprint density at radius 1 is 0.904 bits per heavy atom. The van der Waals surface area contributed by atoms with E-state index in [1.807, 2.05) is 13.8 Å². The number of hydrogen-bond acceptors (Lipinski definition) is 11. The van der Waals surface area contributed by atoms with Gasteiger partial charge in [-0.1, -0.05) is 31.6 Å². The number of carbonyl (C=O) groups excluding carboxylic acids is 2. The van der Waals surface area contributed by atoms with Gasteiger partial charge in [0.25, 0.3) is 0 Å². The molecule has 3 saturated heterocycles. The van der Waals surface area contributed by atoms with Gasteiger partial charge in [0, 0.05) is 33.5 Å². The normalized spacial score (nSPS) is 45.9. The minimum atomic E-state index is -0.993. The van der Waals surface area contributed by atoms with Crippen molar-refractivity contribution in [3.8, 4) is 0 Å². The van der Waals surface area contributed by atoms with Crippen LogP contribution in [0.1, 0.15) is 93.8 Å². The Bertz CT molecular complexity index is 1330. The molecular formula is C41H67NO10. The summed E-state index contributed by atoms with van der Waals surface area (Å²) in [5.74, 6) is -0.193. The summed E-state index contributed by atoms with van der Waals surface area (Å²) >= 11 is 0. The quantitative estimate of drug-likeness (QED) is 0.253. The molecule has 0 spiro atoms. The van der Waals surface area contributed by atoms with E-state index in [-0.39, 0.29) is 91.9 Å². The molecule has 0 aromatic heterocycles. The summed E-state index contributed by atoms with van der Waals surface area (Å²) in [6, 6.07) is 0.331. The number of ether oxygens (including phenoxy) is 7. The fraction of sp³-hybridized carbons (Fsp3) is 0.854. The summed E-state index contributed by atoms with van der Waals surface area (Å²) in [7, 11) is 7.33. The molecule has 11 nitrogen and oxygen atoms in total. The van der Waals surface area contributed by atoms with Crippen LogP contribution >= 0.6 is 0 Å². The molecule has 0 radical (unpaired) electrons. The van der Waals surface area contributed by atoms with E-state index in [1.165, 1.54) is 5.57 Å². The van der Waals surface area contributed by atoms with Gasteiger partial charge in [0.2, 0.25) is 0 Å². The molecule has 3 aliphatic carbocycles. The van der Waals surface area contributed by atoms with Crippen LogP contribution in [0, 0.1) is 35.5 Å². The van der Waals surface area contributed by atoms with Crippen molar-refractivity contribution >= 4 is 11.8 Å². The molecule has 1 saturated carbocycles. The molecule has 17 atom stereocenters. The molecule has 0 bridgehead atoms. The number of fused-ring (bicyclic) bond motifs is 5. The summed E-state index contributed by atoms with van der Waals surface area (Å²) in [5, 5.41) is 11.2. The first-order valence-electron chi connectivity index (χ1n) is 20.0. The Morgan fingerprint density at radius 2 is 1.65 bits per heavy atom. The maximum absolute atomic E-state index is 14.7. The van der Waals surface area contributed by atoms with Crippen LogP contribution < -0.4 is 0 Å². The van der Waals surface area contributed by atoms with Crippen LogP contribution in [0.5, 0.6) is 0 Å². The second-order valence-corrected chi connectivity index (χ2v) is 16.8. The number of hydrogen-bond donors (Lipinski definition) is 1. The van der Waals surface area contributed by atoms with Gasteiger partial charge in [-0.05, 0) is 115 Å². The first-order chi connectivity index (χ1) is 24.8. The van der Waals surface area contributed by atoms with Crippen LogP contribution in [-0.4, -0.2) is 118 Å². The van der Waals surface area contributed by atoms with Crippen molar-refractivity contribution in [1.29, 1.82) is 0 Å². The molecule has 3 heterocycles. The van der Waals surface area contributed by atoms with Crippen molar-refractivity contribution < 1.29 is 49.3 Å². The van der Waals surface area contributed by atoms with E-state index in [4.69, 9.17) is 33.2 Å². The lowest BCUT2D eigenvalue weighted by molar-refractivity contribution is -0.310. The fourth-order valence-electron chi connectivity index (χ4n) is 10.5. The molecule has 6 aliphatic rings. The predicted octanol–water partition coefficient (Wildman–Crippen LogP) is 5.47. The fourth-order valence-corrected chi connectivity index (χ4v) is 10.5. The maximum atomic E-state index is 14.7. The van der Waals surface area contributed by atoms with Crippen LogP contribution in [0.2, 0.25) is 0 Å². The molecular weight excluding hydrogens is 666 g/mol. The number of rotatable bonds is 8. The van der Waals surface area contributed by atoms with E-state index in [1.54, 1.807) is 14.2 Å². The molecule has 0 aromatic carbocycles. The van der Waals surface area contributed by atoms with E-state index < -0.39 is 24.6 Å². The molecule has 1 N–H and O–H groups in total. The zero-order valence-electron chi connectivity index (χ0n) is 32.9. The number of cyclic esters (lactones) is 1. The van der Waals surface area contributed by atoms with Gasteiger partial charge < -0.3 is 43.2 Å². The monoisotopic (exact) mass is 733 g/mol. The second kappa shape index (κ2) is 17.0. The number of carbonyl (C=O) groups is 2. The summed E-state index contributed by atoms with van der Waals surface area (Å²) in [5.41, 5.74) is 2.02. The van der Waals surface area contributed by atoms with Crippen molar-refractivity contribution in [2.24, 2.45) is 35.5 Å². The van der Waals surface area contributed by atoms with Gasteiger partial charge in [-0.2, -0.15) is 0 Å². The number of aliphatic hydroxyl groups excluding tert-OH is 1. The Kier molecular flexibility index (Phi) is 13.1. The summed E-state index contributed by atoms with van der Waals surface area (Å²) in [4.78, 5) is 30.4. The summed E-state index contributed by atoms with van der Waals surface area (Å²) in [6.45, 7) is 10.3. The Balaban J connectivity index is 0.00000541. The number of methoxy groups -OCH3 is 2. The van der Waals surface area contributed by atoms with Crippen molar-refractivity contribution in [2.75, 3.05) is 28.3 Å². The smallest absolute Gasteiger partial charge is 0.306 e. The van der Waals surface area contributed by atoms with Crippen LogP contribution in [0.25, 0.3) is 0 Å². The van der Waals surface area contributed by atoms with Gasteiger partial charge in [0.05, 0.1) is 30.8 Å². The number of Topliss-reactive ketones (excluding diaryl/α,β-unsaturated/α-hetero) is 1. The first-order valence-corrected chi connectivity index (χ1v) is 20.0. The standard InChI is InChI=1S/C41H65NO10.H2/c1-10-25-12-11-13-34(52-36-15-14-33(42(6)7)23(4)48-36)22(3)37(44)32-19-30-28(31(32)20-35(43)50-25)16-21(2)27-17-26(18-29(27)30)51-41-38(45)40(47-9)39(46-8)24(5)49-41;/h16,19,22-31,33-34,36,38-41,45H,10-15,17-18,20H2,1-9H3;1H/t22-,23-,24+,25+,26+,27-,28-,29+,30-,31+,33+,34+,36-,38-,39+,40+,41+;/m1./s1. The number of likely N-dealkylation sites (N-methyl/N-ethyl adjacent to an activating group) is 1. The highest BCUT2D eigenvalue weighted by molar-refractivity contribution is 5.99. The number of esters is 1. The van der Waals surface area contributed by atoms with Crippen molar-refractivity contribution in [1.82, 2.24) is 4.90 Å². The predicted molar refractivity (Wildman–Crippen MR) is 196 cm³/mol. The van der Waals surface area contributed by atoms with E-state index in [9.17, 15) is 14.7 Å². The molecule has 52 heavy (non-hydrogen) atoms. The van der Waals surface area contributed by atoms with Crippen LogP contribution in [0.3, 0.4) is 0 Å². The zero-order valence-corrected chi connectivity index (χ0v) is 32.9. The van der Waals surface area contributed by atoms with Crippen molar-refractivity contribution in [3.05, 3.63) is 23.3 Å². The lowest BCUT2D eigenvalue weighted by Crippen LogP contribution is -2.59. The maximum Gasteiger partial charge on any atom is 0.306 e. The first kappa shape index (κ1) is 40.0. The SMILES string of the molecule is CC[C@H]1CCC[C@H](O[C@@H]2CC[C@H](N(C)C)[C@@H](C)O2)[C@@H](C)C(=O)C2=C[C@@H]3[C@@H](C=C(C)[C@H]4C[C@H](O[C@@H]5O[C@@H](C)[C@H](OC)[C@@H](OC)[C@H]5O)C[C@H]34)[C@@H]2CC(=O)O1.[HH]. The number of ketones is 1. The van der Waals surface area contributed by atoms with Gasteiger partial charge in [0.15, 0.2) is 18.4 Å². The van der Waals surface area contributed by atoms with Gasteiger partial charge in [-0.25, -0.2) is 0 Å². The van der Waals surface area contributed by atoms with Gasteiger partial charge in [-0.3, -0.25) is 9.59 Å². The lowest BCUT2D eigenvalue weighted by Gasteiger charge is -2.42. The number of nitrogens with zero attached hydrogens (tertiary/aromatic N) is 1. The molecule has 3 aliphatic heterocycles. The van der Waals surface area contributed by atoms with E-state index in [2.05, 4.69) is 51.9 Å². The molecule has 11 heteroatoms. The molecule has 0 amide bonds. The van der Waals surface area contributed by atoms with Crippen LogP contribution in [0.15, 0.2) is 23.3 Å². The molecule has 0 aromatic rings. The van der Waals surface area contributed by atoms with E-state index in [0.717, 1.165) is 50.5 Å². The summed E-state index contributed by atoms with van der Waals surface area (Å²) < 4.78 is 43.0. The van der Waals surface area contributed by atoms with Crippen molar-refractivity contribution in [2.45, 2.75) is 160 Å². The van der Waals surface area contributed by atoms with E-state index >= 15 is 0 Å². The third-order valence-electron chi connectivity index (χ3n) is 13.4. The highest BCUT2D eigenvalue weighted by atomic mass is 16.7. The van der Waals surface area contributed by atoms with Gasteiger partial charge in [-0.15, -0.1) is 0 Å². The minimum Gasteiger partial charge on any atom is -0.462 e. The molecule has 0 unspecified atom stereocenters. The second-order valence-electron chi connectivity index (χ2n) is 16.8. The highest BCUT2D eigenvalue weighted by Gasteiger charge is 2.53. The Labute approximate surface area is 312 Å². The van der Waals surface area contributed by atoms with Crippen LogP contribution in [0.4, 0.5) is 0 Å². The molecule has 296 valence electrons. The Hall–Kier alpha value is -1.70.